The van der Waals surface area contributed by atoms with Gasteiger partial charge in [-0.1, -0.05) is 57.0 Å². The molecule has 2 atom stereocenters. The maximum absolute atomic E-state index is 6.13. The zero-order chi connectivity index (χ0) is 15.7. The van der Waals surface area contributed by atoms with Gasteiger partial charge in [-0.05, 0) is 12.8 Å². The lowest BCUT2D eigenvalue weighted by atomic mass is 10.0. The normalized spacial score (nSPS) is 25.3. The standard InChI is InChI=1S/C18H29NO3/c1-3-5-12-20-17-14-22-18(15-19-17,21-13-6-4-2)16-10-8-7-9-11-16/h7-11,17,19H,3-6,12-15H2,1-2H3. The molecule has 1 aliphatic heterocycles. The van der Waals surface area contributed by atoms with Crippen LogP contribution >= 0.6 is 0 Å². The Morgan fingerprint density at radius 1 is 1.14 bits per heavy atom. The number of rotatable bonds is 9. The minimum atomic E-state index is -0.693. The highest BCUT2D eigenvalue weighted by Crippen LogP contribution is 2.30. The molecular formula is C18H29NO3. The van der Waals surface area contributed by atoms with E-state index in [-0.39, 0.29) is 6.23 Å². The fourth-order valence-corrected chi connectivity index (χ4v) is 2.48. The van der Waals surface area contributed by atoms with Gasteiger partial charge in [-0.25, -0.2) is 0 Å². The number of nitrogens with one attached hydrogen (secondary N) is 1. The third-order valence-corrected chi connectivity index (χ3v) is 3.89. The van der Waals surface area contributed by atoms with Gasteiger partial charge in [0.15, 0.2) is 0 Å². The fraction of sp³-hybridized carbons (Fsp3) is 0.667. The van der Waals surface area contributed by atoms with Crippen LogP contribution in [0.4, 0.5) is 0 Å². The molecule has 1 aromatic rings. The van der Waals surface area contributed by atoms with Crippen LogP contribution in [-0.2, 0) is 20.0 Å². The zero-order valence-electron chi connectivity index (χ0n) is 13.8. The van der Waals surface area contributed by atoms with Crippen molar-refractivity contribution in [2.45, 2.75) is 51.5 Å². The molecule has 0 bridgehead atoms. The molecule has 0 aromatic heterocycles. The Hall–Kier alpha value is -0.940. The third kappa shape index (κ3) is 4.78. The molecule has 22 heavy (non-hydrogen) atoms. The van der Waals surface area contributed by atoms with Gasteiger partial charge in [0, 0.05) is 12.2 Å². The van der Waals surface area contributed by atoms with Crippen molar-refractivity contribution in [1.82, 2.24) is 5.32 Å². The summed E-state index contributed by atoms with van der Waals surface area (Å²) < 4.78 is 18.0. The summed E-state index contributed by atoms with van der Waals surface area (Å²) in [6.45, 7) is 6.91. The molecule has 4 nitrogen and oxygen atoms in total. The predicted octanol–water partition coefficient (Wildman–Crippen LogP) is 3.42. The summed E-state index contributed by atoms with van der Waals surface area (Å²) in [5, 5.41) is 3.42. The van der Waals surface area contributed by atoms with Crippen molar-refractivity contribution >= 4 is 0 Å². The largest absolute Gasteiger partial charge is 0.361 e. The minimum absolute atomic E-state index is 0.0434. The Morgan fingerprint density at radius 3 is 2.50 bits per heavy atom. The van der Waals surface area contributed by atoms with Gasteiger partial charge in [-0.2, -0.15) is 0 Å². The summed E-state index contributed by atoms with van der Waals surface area (Å²) in [5.41, 5.74) is 1.06. The Labute approximate surface area is 134 Å². The first-order valence-corrected chi connectivity index (χ1v) is 8.49. The Kier molecular flexibility index (Phi) is 7.33. The van der Waals surface area contributed by atoms with Gasteiger partial charge < -0.3 is 14.2 Å². The van der Waals surface area contributed by atoms with Crippen LogP contribution in [0.3, 0.4) is 0 Å². The van der Waals surface area contributed by atoms with Crippen LogP contribution in [-0.4, -0.2) is 32.6 Å². The van der Waals surface area contributed by atoms with Gasteiger partial charge in [-0.15, -0.1) is 0 Å². The summed E-state index contributed by atoms with van der Waals surface area (Å²) in [5.74, 6) is -0.693. The van der Waals surface area contributed by atoms with Crippen molar-refractivity contribution in [3.8, 4) is 0 Å². The van der Waals surface area contributed by atoms with Gasteiger partial charge in [-0.3, -0.25) is 5.32 Å². The minimum Gasteiger partial charge on any atom is -0.361 e. The molecular weight excluding hydrogens is 278 g/mol. The summed E-state index contributed by atoms with van der Waals surface area (Å²) in [7, 11) is 0. The first-order valence-electron chi connectivity index (χ1n) is 8.49. The predicted molar refractivity (Wildman–Crippen MR) is 87.6 cm³/mol. The van der Waals surface area contributed by atoms with Crippen LogP contribution in [0.15, 0.2) is 30.3 Å². The first kappa shape index (κ1) is 17.4. The van der Waals surface area contributed by atoms with Crippen molar-refractivity contribution in [1.29, 1.82) is 0 Å². The maximum Gasteiger partial charge on any atom is 0.207 e. The lowest BCUT2D eigenvalue weighted by Gasteiger charge is -2.40. The summed E-state index contributed by atoms with van der Waals surface area (Å²) in [6, 6.07) is 10.2. The summed E-state index contributed by atoms with van der Waals surface area (Å²) in [4.78, 5) is 0. The molecule has 0 spiro atoms. The highest BCUT2D eigenvalue weighted by atomic mass is 16.7. The highest BCUT2D eigenvalue weighted by molar-refractivity contribution is 5.21. The van der Waals surface area contributed by atoms with Crippen molar-refractivity contribution in [2.24, 2.45) is 0 Å². The number of hydrogen-bond donors (Lipinski definition) is 1. The van der Waals surface area contributed by atoms with Crippen LogP contribution in [0.25, 0.3) is 0 Å². The molecule has 1 aliphatic rings. The van der Waals surface area contributed by atoms with E-state index < -0.39 is 5.79 Å². The molecule has 0 amide bonds. The molecule has 2 rings (SSSR count). The third-order valence-electron chi connectivity index (χ3n) is 3.89. The molecule has 0 radical (unpaired) electrons. The molecule has 1 aromatic carbocycles. The molecule has 1 N–H and O–H groups in total. The van der Waals surface area contributed by atoms with Crippen LogP contribution in [0.2, 0.25) is 0 Å². The van der Waals surface area contributed by atoms with E-state index in [0.29, 0.717) is 19.8 Å². The second-order valence-electron chi connectivity index (χ2n) is 5.73. The molecule has 1 heterocycles. The van der Waals surface area contributed by atoms with Gasteiger partial charge in [0.05, 0.1) is 19.8 Å². The fourth-order valence-electron chi connectivity index (χ4n) is 2.48. The number of ether oxygens (including phenoxy) is 3. The monoisotopic (exact) mass is 307 g/mol. The Bertz CT molecular complexity index is 402. The molecule has 1 saturated heterocycles. The van der Waals surface area contributed by atoms with E-state index in [0.717, 1.165) is 37.9 Å². The van der Waals surface area contributed by atoms with Gasteiger partial charge in [0.25, 0.3) is 0 Å². The number of unbranched alkanes of at least 4 members (excludes halogenated alkanes) is 2. The quantitative estimate of drug-likeness (QED) is 0.710. The number of benzene rings is 1. The van der Waals surface area contributed by atoms with E-state index in [2.05, 4.69) is 31.3 Å². The SMILES string of the molecule is CCCCOC1COC(OCCCC)(c2ccccc2)CN1. The van der Waals surface area contributed by atoms with Gasteiger partial charge >= 0.3 is 0 Å². The van der Waals surface area contributed by atoms with E-state index in [1.54, 1.807) is 0 Å². The van der Waals surface area contributed by atoms with E-state index in [1.807, 2.05) is 18.2 Å². The second kappa shape index (κ2) is 9.26. The molecule has 2 unspecified atom stereocenters. The second-order valence-corrected chi connectivity index (χ2v) is 5.73. The van der Waals surface area contributed by atoms with Crippen LogP contribution in [0, 0.1) is 0 Å². The maximum atomic E-state index is 6.13. The lowest BCUT2D eigenvalue weighted by molar-refractivity contribution is -0.281. The lowest BCUT2D eigenvalue weighted by Crippen LogP contribution is -2.55. The van der Waals surface area contributed by atoms with E-state index in [4.69, 9.17) is 14.2 Å². The van der Waals surface area contributed by atoms with Crippen molar-refractivity contribution < 1.29 is 14.2 Å². The molecule has 4 heteroatoms. The van der Waals surface area contributed by atoms with Crippen molar-refractivity contribution in [3.05, 3.63) is 35.9 Å². The average molecular weight is 307 g/mol. The number of hydrogen-bond acceptors (Lipinski definition) is 4. The van der Waals surface area contributed by atoms with E-state index >= 15 is 0 Å². The zero-order valence-corrected chi connectivity index (χ0v) is 13.8. The van der Waals surface area contributed by atoms with E-state index in [1.165, 1.54) is 0 Å². The van der Waals surface area contributed by atoms with Crippen LogP contribution in [0.5, 0.6) is 0 Å². The summed E-state index contributed by atoms with van der Waals surface area (Å²) >= 11 is 0. The van der Waals surface area contributed by atoms with Crippen molar-refractivity contribution in [2.75, 3.05) is 26.4 Å². The highest BCUT2D eigenvalue weighted by Gasteiger charge is 2.39. The first-order chi connectivity index (χ1) is 10.8. The molecule has 124 valence electrons. The van der Waals surface area contributed by atoms with Gasteiger partial charge in [0.2, 0.25) is 5.79 Å². The topological polar surface area (TPSA) is 39.7 Å². The summed E-state index contributed by atoms with van der Waals surface area (Å²) in [6.07, 6.45) is 4.32. The molecule has 0 aliphatic carbocycles. The molecule has 1 fully saturated rings. The van der Waals surface area contributed by atoms with Gasteiger partial charge in [0.1, 0.15) is 6.23 Å². The number of morpholine rings is 1. The smallest absolute Gasteiger partial charge is 0.207 e. The van der Waals surface area contributed by atoms with Crippen LogP contribution in [0.1, 0.15) is 45.1 Å². The Balaban J connectivity index is 1.96. The van der Waals surface area contributed by atoms with Crippen molar-refractivity contribution in [3.63, 3.8) is 0 Å². The Morgan fingerprint density at radius 2 is 1.86 bits per heavy atom. The average Bonchev–Trinajstić information content (AvgIpc) is 2.58. The molecule has 0 saturated carbocycles. The van der Waals surface area contributed by atoms with Crippen LogP contribution < -0.4 is 5.32 Å². The van der Waals surface area contributed by atoms with E-state index in [9.17, 15) is 0 Å².